The van der Waals surface area contributed by atoms with E-state index in [0.717, 1.165) is 26.2 Å². The zero-order valence-corrected chi connectivity index (χ0v) is 14.7. The molecule has 3 heteroatoms. The van der Waals surface area contributed by atoms with Crippen molar-refractivity contribution in [2.24, 2.45) is 0 Å². The van der Waals surface area contributed by atoms with Gasteiger partial charge in [0.2, 0.25) is 0 Å². The molecule has 3 nitrogen and oxygen atoms in total. The Labute approximate surface area is 145 Å². The molecular weight excluding hydrogens is 296 g/mol. The van der Waals surface area contributed by atoms with Crippen LogP contribution in [0.4, 0.5) is 0 Å². The number of piperazine rings is 1. The number of rotatable bonds is 5. The van der Waals surface area contributed by atoms with E-state index in [9.17, 15) is 5.11 Å². The summed E-state index contributed by atoms with van der Waals surface area (Å²) in [5, 5.41) is 9.62. The van der Waals surface area contributed by atoms with Crippen molar-refractivity contribution in [3.8, 4) is 0 Å². The Bertz CT molecular complexity index is 579. The van der Waals surface area contributed by atoms with E-state index >= 15 is 0 Å². The summed E-state index contributed by atoms with van der Waals surface area (Å²) in [5.41, 5.74) is 2.55. The predicted octanol–water partition coefficient (Wildman–Crippen LogP) is 3.16. The molecule has 0 unspecified atom stereocenters. The molecule has 24 heavy (non-hydrogen) atoms. The summed E-state index contributed by atoms with van der Waals surface area (Å²) in [7, 11) is 0. The van der Waals surface area contributed by atoms with Gasteiger partial charge in [0, 0.05) is 31.7 Å². The molecule has 1 fully saturated rings. The molecule has 0 spiro atoms. The van der Waals surface area contributed by atoms with Crippen LogP contribution in [0.2, 0.25) is 0 Å². The van der Waals surface area contributed by atoms with Crippen molar-refractivity contribution in [3.63, 3.8) is 0 Å². The number of benzene rings is 2. The molecule has 1 aliphatic rings. The van der Waals surface area contributed by atoms with Crippen LogP contribution in [0.5, 0.6) is 0 Å². The lowest BCUT2D eigenvalue weighted by Crippen LogP contribution is -2.56. The van der Waals surface area contributed by atoms with Gasteiger partial charge in [-0.15, -0.1) is 0 Å². The first-order valence-electron chi connectivity index (χ1n) is 8.82. The third-order valence-electron chi connectivity index (χ3n) is 5.15. The summed E-state index contributed by atoms with van der Waals surface area (Å²) < 4.78 is 0. The highest BCUT2D eigenvalue weighted by atomic mass is 16.3. The molecule has 2 aromatic rings. The molecule has 1 aliphatic heterocycles. The molecule has 128 valence electrons. The highest BCUT2D eigenvalue weighted by Crippen LogP contribution is 2.30. The second kappa shape index (κ2) is 7.47. The van der Waals surface area contributed by atoms with Crippen molar-refractivity contribution in [1.82, 2.24) is 9.80 Å². The molecule has 1 heterocycles. The zero-order valence-electron chi connectivity index (χ0n) is 14.7. The smallest absolute Gasteiger partial charge is 0.0610 e. The van der Waals surface area contributed by atoms with Gasteiger partial charge in [0.15, 0.2) is 0 Å². The van der Waals surface area contributed by atoms with Crippen LogP contribution in [0.3, 0.4) is 0 Å². The second-order valence-corrected chi connectivity index (χ2v) is 7.22. The van der Waals surface area contributed by atoms with Gasteiger partial charge in [0.25, 0.3) is 0 Å². The van der Waals surface area contributed by atoms with E-state index < -0.39 is 0 Å². The van der Waals surface area contributed by atoms with E-state index in [-0.39, 0.29) is 12.1 Å². The van der Waals surface area contributed by atoms with Crippen LogP contribution in [0, 0.1) is 0 Å². The quantitative estimate of drug-likeness (QED) is 0.915. The van der Waals surface area contributed by atoms with E-state index in [4.69, 9.17) is 0 Å². The lowest BCUT2D eigenvalue weighted by Gasteiger charge is -2.45. The van der Waals surface area contributed by atoms with E-state index in [1.807, 2.05) is 0 Å². The summed E-state index contributed by atoms with van der Waals surface area (Å²) >= 11 is 0. The fourth-order valence-corrected chi connectivity index (χ4v) is 3.57. The topological polar surface area (TPSA) is 26.7 Å². The fraction of sp³-hybridized carbons (Fsp3) is 0.429. The van der Waals surface area contributed by atoms with Gasteiger partial charge in [-0.1, -0.05) is 60.7 Å². The molecule has 1 saturated heterocycles. The Morgan fingerprint density at radius 1 is 0.833 bits per heavy atom. The minimum Gasteiger partial charge on any atom is -0.394 e. The standard InChI is InChI=1S/C21H28N2O/c1-21(2,17-24)23-15-13-22(14-16-23)20(18-9-5-3-6-10-18)19-11-7-4-8-12-19/h3-12,20,24H,13-17H2,1-2H3. The van der Waals surface area contributed by atoms with Crippen molar-refractivity contribution in [2.75, 3.05) is 32.8 Å². The first kappa shape index (κ1) is 17.2. The van der Waals surface area contributed by atoms with Gasteiger partial charge < -0.3 is 5.11 Å². The van der Waals surface area contributed by atoms with Crippen molar-refractivity contribution < 1.29 is 5.11 Å². The average Bonchev–Trinajstić information content (AvgIpc) is 2.64. The van der Waals surface area contributed by atoms with Gasteiger partial charge in [0.1, 0.15) is 0 Å². The third-order valence-corrected chi connectivity index (χ3v) is 5.15. The van der Waals surface area contributed by atoms with Gasteiger partial charge in [-0.05, 0) is 25.0 Å². The predicted molar refractivity (Wildman–Crippen MR) is 99.0 cm³/mol. The Balaban J connectivity index is 1.81. The molecule has 0 bridgehead atoms. The molecule has 0 aromatic heterocycles. The van der Waals surface area contributed by atoms with Crippen molar-refractivity contribution in [3.05, 3.63) is 71.8 Å². The Hall–Kier alpha value is -1.68. The van der Waals surface area contributed by atoms with Crippen LogP contribution >= 0.6 is 0 Å². The van der Waals surface area contributed by atoms with Gasteiger partial charge in [-0.2, -0.15) is 0 Å². The zero-order chi connectivity index (χ0) is 17.0. The van der Waals surface area contributed by atoms with Crippen LogP contribution in [0.15, 0.2) is 60.7 Å². The summed E-state index contributed by atoms with van der Waals surface area (Å²) in [5.74, 6) is 0. The highest BCUT2D eigenvalue weighted by molar-refractivity contribution is 5.32. The Morgan fingerprint density at radius 2 is 1.29 bits per heavy atom. The van der Waals surface area contributed by atoms with Gasteiger partial charge >= 0.3 is 0 Å². The maximum atomic E-state index is 9.62. The lowest BCUT2D eigenvalue weighted by atomic mass is 9.95. The third kappa shape index (κ3) is 3.69. The number of nitrogens with zero attached hydrogens (tertiary/aromatic N) is 2. The summed E-state index contributed by atoms with van der Waals surface area (Å²) in [6, 6.07) is 21.8. The van der Waals surface area contributed by atoms with E-state index in [1.165, 1.54) is 11.1 Å². The van der Waals surface area contributed by atoms with Crippen LogP contribution in [-0.4, -0.2) is 53.2 Å². The molecule has 1 N–H and O–H groups in total. The molecular formula is C21H28N2O. The second-order valence-electron chi connectivity index (χ2n) is 7.22. The largest absolute Gasteiger partial charge is 0.394 e. The van der Waals surface area contributed by atoms with Crippen LogP contribution in [0.25, 0.3) is 0 Å². The monoisotopic (exact) mass is 324 g/mol. The van der Waals surface area contributed by atoms with Crippen molar-refractivity contribution in [2.45, 2.75) is 25.4 Å². The van der Waals surface area contributed by atoms with Gasteiger partial charge in [-0.3, -0.25) is 9.80 Å². The first-order valence-corrected chi connectivity index (χ1v) is 8.82. The summed E-state index contributed by atoms with van der Waals surface area (Å²) in [6.45, 7) is 8.44. The first-order chi connectivity index (χ1) is 11.6. The average molecular weight is 324 g/mol. The minimum absolute atomic E-state index is 0.138. The Morgan fingerprint density at radius 3 is 1.71 bits per heavy atom. The highest BCUT2D eigenvalue weighted by Gasteiger charge is 2.32. The molecule has 0 aliphatic carbocycles. The maximum absolute atomic E-state index is 9.62. The fourth-order valence-electron chi connectivity index (χ4n) is 3.57. The van der Waals surface area contributed by atoms with Gasteiger partial charge in [-0.25, -0.2) is 0 Å². The van der Waals surface area contributed by atoms with E-state index in [2.05, 4.69) is 84.3 Å². The Kier molecular flexibility index (Phi) is 5.34. The van der Waals surface area contributed by atoms with Crippen molar-refractivity contribution >= 4 is 0 Å². The minimum atomic E-state index is -0.138. The molecule has 0 saturated carbocycles. The molecule has 3 rings (SSSR count). The van der Waals surface area contributed by atoms with Gasteiger partial charge in [0.05, 0.1) is 12.6 Å². The van der Waals surface area contributed by atoms with E-state index in [1.54, 1.807) is 0 Å². The summed E-state index contributed by atoms with van der Waals surface area (Å²) in [6.07, 6.45) is 0. The SMILES string of the molecule is CC(C)(CO)N1CCN(C(c2ccccc2)c2ccccc2)CC1. The number of hydrogen-bond donors (Lipinski definition) is 1. The number of hydrogen-bond acceptors (Lipinski definition) is 3. The van der Waals surface area contributed by atoms with E-state index in [0.29, 0.717) is 6.04 Å². The van der Waals surface area contributed by atoms with Crippen LogP contribution in [0.1, 0.15) is 31.0 Å². The molecule has 0 atom stereocenters. The van der Waals surface area contributed by atoms with Crippen molar-refractivity contribution in [1.29, 1.82) is 0 Å². The molecule has 2 aromatic carbocycles. The van der Waals surface area contributed by atoms with Crippen LogP contribution in [-0.2, 0) is 0 Å². The maximum Gasteiger partial charge on any atom is 0.0610 e. The number of aliphatic hydroxyl groups excluding tert-OH is 1. The lowest BCUT2D eigenvalue weighted by molar-refractivity contribution is 0.00930. The number of aliphatic hydroxyl groups is 1. The molecule has 0 amide bonds. The normalized spacial score (nSPS) is 17.3. The van der Waals surface area contributed by atoms with Crippen LogP contribution < -0.4 is 0 Å². The molecule has 0 radical (unpaired) electrons. The summed E-state index contributed by atoms with van der Waals surface area (Å²) in [4.78, 5) is 4.96.